The van der Waals surface area contributed by atoms with Gasteiger partial charge in [0.2, 0.25) is 5.91 Å². The third kappa shape index (κ3) is 4.71. The summed E-state index contributed by atoms with van der Waals surface area (Å²) in [4.78, 5) is 24.8. The summed E-state index contributed by atoms with van der Waals surface area (Å²) in [5.74, 6) is -1.21. The Balaban J connectivity index is 2.82. The predicted octanol–water partition coefficient (Wildman–Crippen LogP) is 1.84. The molecule has 0 fully saturated rings. The van der Waals surface area contributed by atoms with Crippen molar-refractivity contribution >= 4 is 17.6 Å². The molecule has 19 heavy (non-hydrogen) atoms. The summed E-state index contributed by atoms with van der Waals surface area (Å²) in [5, 5.41) is 11.8. The molecule has 1 aromatic rings. The minimum atomic E-state index is -1.03. The third-order valence-corrected chi connectivity index (χ3v) is 2.78. The number of nitrogens with zero attached hydrogens (tertiary/aromatic N) is 1. The number of anilines is 1. The minimum Gasteiger partial charge on any atom is -0.478 e. The van der Waals surface area contributed by atoms with Crippen LogP contribution in [-0.4, -0.2) is 42.5 Å². The van der Waals surface area contributed by atoms with Crippen LogP contribution < -0.4 is 5.32 Å². The molecule has 0 spiro atoms. The van der Waals surface area contributed by atoms with Crippen LogP contribution in [0.4, 0.5) is 5.69 Å². The molecule has 0 atom stereocenters. The van der Waals surface area contributed by atoms with Crippen molar-refractivity contribution < 1.29 is 14.7 Å². The first-order valence-corrected chi connectivity index (χ1v) is 6.24. The molecule has 0 aliphatic heterocycles. The normalized spacial score (nSPS) is 10.5. The molecule has 0 radical (unpaired) electrons. The Morgan fingerprint density at radius 2 is 2.00 bits per heavy atom. The maximum Gasteiger partial charge on any atom is 0.337 e. The molecule has 104 valence electrons. The lowest BCUT2D eigenvalue weighted by Crippen LogP contribution is -2.21. The van der Waals surface area contributed by atoms with Crippen molar-refractivity contribution in [1.82, 2.24) is 4.90 Å². The number of carboxylic acids is 1. The number of carbonyl (C=O) groups excluding carboxylic acids is 1. The van der Waals surface area contributed by atoms with E-state index < -0.39 is 5.97 Å². The number of carbonyl (C=O) groups is 2. The lowest BCUT2D eigenvalue weighted by Gasteiger charge is -2.12. The van der Waals surface area contributed by atoms with Gasteiger partial charge in [-0.2, -0.15) is 0 Å². The molecule has 0 saturated carbocycles. The molecule has 0 aromatic heterocycles. The van der Waals surface area contributed by atoms with Gasteiger partial charge in [-0.3, -0.25) is 4.79 Å². The van der Waals surface area contributed by atoms with Crippen LogP contribution in [0.15, 0.2) is 18.2 Å². The van der Waals surface area contributed by atoms with Crippen molar-refractivity contribution in [2.24, 2.45) is 0 Å². The van der Waals surface area contributed by atoms with Crippen LogP contribution in [0.5, 0.6) is 0 Å². The van der Waals surface area contributed by atoms with Crippen LogP contribution in [0.2, 0.25) is 0 Å². The van der Waals surface area contributed by atoms with Gasteiger partial charge in [-0.05, 0) is 38.2 Å². The highest BCUT2D eigenvalue weighted by Gasteiger charge is 2.13. The zero-order valence-corrected chi connectivity index (χ0v) is 11.6. The molecule has 0 aliphatic rings. The number of rotatable bonds is 6. The van der Waals surface area contributed by atoms with Gasteiger partial charge in [0.15, 0.2) is 0 Å². The number of aromatic carboxylic acids is 1. The van der Waals surface area contributed by atoms with Crippen LogP contribution in [-0.2, 0) is 11.2 Å². The van der Waals surface area contributed by atoms with Crippen molar-refractivity contribution in [2.75, 3.05) is 26.0 Å². The lowest BCUT2D eigenvalue weighted by molar-refractivity contribution is -0.116. The first-order valence-electron chi connectivity index (χ1n) is 6.24. The number of carboxylic acid groups (broad SMARTS) is 1. The summed E-state index contributed by atoms with van der Waals surface area (Å²) in [5.41, 5.74) is 1.43. The van der Waals surface area contributed by atoms with Crippen molar-refractivity contribution in [3.8, 4) is 0 Å². The van der Waals surface area contributed by atoms with Crippen molar-refractivity contribution in [3.63, 3.8) is 0 Å². The first-order chi connectivity index (χ1) is 8.93. The van der Waals surface area contributed by atoms with Gasteiger partial charge in [0.1, 0.15) is 0 Å². The number of hydrogen-bond acceptors (Lipinski definition) is 3. The highest BCUT2D eigenvalue weighted by molar-refractivity contribution is 6.00. The van der Waals surface area contributed by atoms with Gasteiger partial charge in [-0.15, -0.1) is 0 Å². The van der Waals surface area contributed by atoms with E-state index >= 15 is 0 Å². The summed E-state index contributed by atoms with van der Waals surface area (Å²) in [7, 11) is 3.76. The molecule has 0 bridgehead atoms. The van der Waals surface area contributed by atoms with Gasteiger partial charge in [-0.25, -0.2) is 4.79 Å². The van der Waals surface area contributed by atoms with E-state index in [9.17, 15) is 9.59 Å². The maximum atomic E-state index is 11.7. The molecule has 0 unspecified atom stereocenters. The van der Waals surface area contributed by atoms with Gasteiger partial charge in [-0.1, -0.05) is 13.0 Å². The summed E-state index contributed by atoms with van der Waals surface area (Å²) in [6.07, 6.45) is 1.09. The highest BCUT2D eigenvalue weighted by Crippen LogP contribution is 2.18. The Hall–Kier alpha value is -1.88. The molecule has 0 aliphatic carbocycles. The van der Waals surface area contributed by atoms with E-state index in [0.717, 1.165) is 12.0 Å². The van der Waals surface area contributed by atoms with Gasteiger partial charge >= 0.3 is 5.97 Å². The van der Waals surface area contributed by atoms with E-state index in [1.165, 1.54) is 0 Å². The number of amides is 1. The quantitative estimate of drug-likeness (QED) is 0.822. The van der Waals surface area contributed by atoms with Crippen LogP contribution in [0.3, 0.4) is 0 Å². The molecule has 0 saturated heterocycles. The van der Waals surface area contributed by atoms with Gasteiger partial charge in [0.25, 0.3) is 0 Å². The Kier molecular flexibility index (Phi) is 5.51. The molecule has 0 heterocycles. The number of hydrogen-bond donors (Lipinski definition) is 2. The van der Waals surface area contributed by atoms with Crippen molar-refractivity contribution in [1.29, 1.82) is 0 Å². The topological polar surface area (TPSA) is 69.6 Å². The van der Waals surface area contributed by atoms with E-state index in [4.69, 9.17) is 5.11 Å². The van der Waals surface area contributed by atoms with Crippen LogP contribution in [0.25, 0.3) is 0 Å². The second-order valence-electron chi connectivity index (χ2n) is 4.64. The lowest BCUT2D eigenvalue weighted by atomic mass is 10.1. The summed E-state index contributed by atoms with van der Waals surface area (Å²) in [6, 6.07) is 5.08. The molecule has 1 rings (SSSR count). The van der Waals surface area contributed by atoms with E-state index in [-0.39, 0.29) is 11.5 Å². The fourth-order valence-electron chi connectivity index (χ4n) is 1.64. The van der Waals surface area contributed by atoms with Gasteiger partial charge < -0.3 is 15.3 Å². The Bertz CT molecular complexity index is 470. The van der Waals surface area contributed by atoms with Crippen molar-refractivity contribution in [2.45, 2.75) is 19.8 Å². The fraction of sp³-hybridized carbons (Fsp3) is 0.429. The number of aryl methyl sites for hydroxylation is 1. The van der Waals surface area contributed by atoms with E-state index in [1.54, 1.807) is 12.1 Å². The maximum absolute atomic E-state index is 11.7. The minimum absolute atomic E-state index is 0.137. The molecular weight excluding hydrogens is 244 g/mol. The first kappa shape index (κ1) is 15.2. The zero-order valence-electron chi connectivity index (χ0n) is 11.6. The fourth-order valence-corrected chi connectivity index (χ4v) is 1.64. The number of nitrogens with one attached hydrogen (secondary N) is 1. The Morgan fingerprint density at radius 1 is 1.32 bits per heavy atom. The molecule has 5 nitrogen and oxygen atoms in total. The monoisotopic (exact) mass is 264 g/mol. The Morgan fingerprint density at radius 3 is 2.53 bits per heavy atom. The second-order valence-corrected chi connectivity index (χ2v) is 4.64. The van der Waals surface area contributed by atoms with E-state index in [2.05, 4.69) is 5.32 Å². The summed E-state index contributed by atoms with van der Waals surface area (Å²) >= 11 is 0. The average molecular weight is 264 g/mol. The molecule has 1 amide bonds. The van der Waals surface area contributed by atoms with E-state index in [1.807, 2.05) is 32.0 Å². The highest BCUT2D eigenvalue weighted by atomic mass is 16.4. The van der Waals surface area contributed by atoms with Crippen LogP contribution in [0.1, 0.15) is 29.3 Å². The van der Waals surface area contributed by atoms with Crippen LogP contribution >= 0.6 is 0 Å². The zero-order chi connectivity index (χ0) is 14.4. The molecule has 5 heteroatoms. The standard InChI is InChI=1S/C14H20N2O3/c1-4-10-5-6-12(11(9-10)14(18)19)15-13(17)7-8-16(2)3/h5-6,9H,4,7-8H2,1-3H3,(H,15,17)(H,18,19). The molecule has 2 N–H and O–H groups in total. The summed E-state index contributed by atoms with van der Waals surface area (Å²) in [6.45, 7) is 2.58. The van der Waals surface area contributed by atoms with E-state index in [0.29, 0.717) is 18.7 Å². The SMILES string of the molecule is CCc1ccc(NC(=O)CCN(C)C)c(C(=O)O)c1. The van der Waals surface area contributed by atoms with Gasteiger partial charge in [0, 0.05) is 13.0 Å². The average Bonchev–Trinajstić information content (AvgIpc) is 2.36. The third-order valence-electron chi connectivity index (χ3n) is 2.78. The van der Waals surface area contributed by atoms with Crippen LogP contribution in [0, 0.1) is 0 Å². The second kappa shape index (κ2) is 6.89. The molecule has 1 aromatic carbocycles. The van der Waals surface area contributed by atoms with Gasteiger partial charge in [0.05, 0.1) is 11.3 Å². The van der Waals surface area contributed by atoms with Crippen molar-refractivity contribution in [3.05, 3.63) is 29.3 Å². The summed E-state index contributed by atoms with van der Waals surface area (Å²) < 4.78 is 0. The number of benzene rings is 1. The smallest absolute Gasteiger partial charge is 0.337 e. The predicted molar refractivity (Wildman–Crippen MR) is 74.6 cm³/mol. The largest absolute Gasteiger partial charge is 0.478 e. The Labute approximate surface area is 113 Å². The molecular formula is C14H20N2O3.